The number of hydrogen-bond donors (Lipinski definition) is 2. The highest BCUT2D eigenvalue weighted by Crippen LogP contribution is 2.47. The van der Waals surface area contributed by atoms with Crippen molar-refractivity contribution in [2.45, 2.75) is 37.8 Å². The van der Waals surface area contributed by atoms with Gasteiger partial charge in [0.05, 0.1) is 0 Å². The van der Waals surface area contributed by atoms with Gasteiger partial charge in [0.1, 0.15) is 17.1 Å². The van der Waals surface area contributed by atoms with Crippen LogP contribution in [-0.2, 0) is 0 Å². The third kappa shape index (κ3) is 2.90. The average molecular weight is 318 g/mol. The molecule has 0 radical (unpaired) electrons. The number of benzene rings is 1. The molecular formula is C18H26N2O3. The number of aromatic hydroxyl groups is 2. The van der Waals surface area contributed by atoms with Crippen LogP contribution in [0.5, 0.6) is 11.5 Å². The molecule has 2 unspecified atom stereocenters. The van der Waals surface area contributed by atoms with Crippen molar-refractivity contribution in [3.8, 4) is 11.5 Å². The Balaban J connectivity index is 1.69. The summed E-state index contributed by atoms with van der Waals surface area (Å²) in [6, 6.07) is 5.26. The number of nitrogens with zero attached hydrogens (tertiary/aromatic N) is 2. The zero-order chi connectivity index (χ0) is 16.7. The van der Waals surface area contributed by atoms with Crippen molar-refractivity contribution in [2.24, 2.45) is 11.8 Å². The zero-order valence-electron chi connectivity index (χ0n) is 14.1. The van der Waals surface area contributed by atoms with Crippen molar-refractivity contribution in [1.82, 2.24) is 9.80 Å². The summed E-state index contributed by atoms with van der Waals surface area (Å²) in [6.07, 6.45) is 4.45. The van der Waals surface area contributed by atoms with Gasteiger partial charge >= 0.3 is 0 Å². The second-order valence-electron chi connectivity index (χ2n) is 7.32. The standard InChI is InChI=1S/C18H26N2O3/c1-19(2)13-7-11-9-14(10-12(11)8-13)20(3)18(23)17-15(21)5-4-6-16(17)22/h4-6,11-14,21-22H,7-10H2,1-3H3/t11-,12+,13?,14?. The van der Waals surface area contributed by atoms with E-state index in [-0.39, 0.29) is 29.0 Å². The Hall–Kier alpha value is -1.75. The lowest BCUT2D eigenvalue weighted by molar-refractivity contribution is 0.0720. The van der Waals surface area contributed by atoms with Gasteiger partial charge in [0.2, 0.25) is 0 Å². The van der Waals surface area contributed by atoms with E-state index < -0.39 is 0 Å². The summed E-state index contributed by atoms with van der Waals surface area (Å²) in [5.74, 6) is 0.747. The summed E-state index contributed by atoms with van der Waals surface area (Å²) in [5, 5.41) is 19.8. The monoisotopic (exact) mass is 318 g/mol. The number of carbonyl (C=O) groups excluding carboxylic acids is 1. The first-order chi connectivity index (χ1) is 10.9. The SMILES string of the molecule is CN(C)C1C[C@@H]2CC(N(C)C(=O)c3c(O)cccc3O)C[C@@H]2C1. The van der Waals surface area contributed by atoms with Crippen LogP contribution in [0.3, 0.4) is 0 Å². The Labute approximate surface area is 137 Å². The number of phenols is 2. The predicted molar refractivity (Wildman–Crippen MR) is 88.6 cm³/mol. The summed E-state index contributed by atoms with van der Waals surface area (Å²) in [7, 11) is 6.06. The van der Waals surface area contributed by atoms with Crippen LogP contribution in [0.1, 0.15) is 36.0 Å². The van der Waals surface area contributed by atoms with E-state index in [2.05, 4.69) is 19.0 Å². The highest BCUT2D eigenvalue weighted by Gasteiger charge is 2.44. The van der Waals surface area contributed by atoms with E-state index >= 15 is 0 Å². The fourth-order valence-corrected chi connectivity index (χ4v) is 4.38. The minimum absolute atomic E-state index is 0.0122. The van der Waals surface area contributed by atoms with Gasteiger partial charge in [-0.15, -0.1) is 0 Å². The smallest absolute Gasteiger partial charge is 0.261 e. The van der Waals surface area contributed by atoms with E-state index in [9.17, 15) is 15.0 Å². The number of hydrogen-bond acceptors (Lipinski definition) is 4. The first-order valence-corrected chi connectivity index (χ1v) is 8.33. The van der Waals surface area contributed by atoms with E-state index in [0.717, 1.165) is 12.8 Å². The molecule has 2 aliphatic carbocycles. The maximum Gasteiger partial charge on any atom is 0.261 e. The molecule has 0 aromatic heterocycles. The van der Waals surface area contributed by atoms with Crippen molar-refractivity contribution in [1.29, 1.82) is 0 Å². The lowest BCUT2D eigenvalue weighted by Crippen LogP contribution is -2.36. The van der Waals surface area contributed by atoms with Crippen LogP contribution in [0.15, 0.2) is 18.2 Å². The van der Waals surface area contributed by atoms with Crippen molar-refractivity contribution in [3.05, 3.63) is 23.8 Å². The number of rotatable bonds is 3. The van der Waals surface area contributed by atoms with Gasteiger partial charge < -0.3 is 20.0 Å². The van der Waals surface area contributed by atoms with E-state index in [1.807, 2.05) is 0 Å². The summed E-state index contributed by atoms with van der Waals surface area (Å²) >= 11 is 0. The largest absolute Gasteiger partial charge is 0.507 e. The first-order valence-electron chi connectivity index (χ1n) is 8.33. The molecule has 3 rings (SSSR count). The number of amides is 1. The Morgan fingerprint density at radius 1 is 0.957 bits per heavy atom. The molecule has 2 aliphatic rings. The Morgan fingerprint density at radius 2 is 1.43 bits per heavy atom. The van der Waals surface area contributed by atoms with E-state index in [1.54, 1.807) is 11.9 Å². The summed E-state index contributed by atoms with van der Waals surface area (Å²) < 4.78 is 0. The van der Waals surface area contributed by atoms with Crippen LogP contribution in [0.4, 0.5) is 0 Å². The molecule has 1 aromatic rings. The Kier molecular flexibility index (Phi) is 4.23. The quantitative estimate of drug-likeness (QED) is 0.897. The van der Waals surface area contributed by atoms with Crippen molar-refractivity contribution in [2.75, 3.05) is 21.1 Å². The van der Waals surface area contributed by atoms with Crippen molar-refractivity contribution < 1.29 is 15.0 Å². The Morgan fingerprint density at radius 3 is 1.91 bits per heavy atom. The van der Waals surface area contributed by atoms with Gasteiger partial charge in [-0.3, -0.25) is 4.79 Å². The molecule has 1 amide bonds. The van der Waals surface area contributed by atoms with E-state index in [1.165, 1.54) is 31.0 Å². The normalized spacial score (nSPS) is 29.7. The third-order valence-corrected chi connectivity index (χ3v) is 5.80. The van der Waals surface area contributed by atoms with Crippen LogP contribution >= 0.6 is 0 Å². The van der Waals surface area contributed by atoms with Gasteiger partial charge in [0, 0.05) is 19.1 Å². The summed E-state index contributed by atoms with van der Waals surface area (Å²) in [5.41, 5.74) is 0.0122. The van der Waals surface area contributed by atoms with Crippen molar-refractivity contribution >= 4 is 5.91 Å². The molecule has 23 heavy (non-hydrogen) atoms. The lowest BCUT2D eigenvalue weighted by Gasteiger charge is -2.27. The van der Waals surface area contributed by atoms with E-state index in [0.29, 0.717) is 17.9 Å². The lowest BCUT2D eigenvalue weighted by atomic mass is 10.0. The fraction of sp³-hybridized carbons (Fsp3) is 0.611. The molecule has 0 spiro atoms. The molecule has 0 bridgehead atoms. The van der Waals surface area contributed by atoms with Crippen LogP contribution in [0, 0.1) is 11.8 Å². The summed E-state index contributed by atoms with van der Waals surface area (Å²) in [4.78, 5) is 16.7. The summed E-state index contributed by atoms with van der Waals surface area (Å²) in [6.45, 7) is 0. The molecule has 0 aliphatic heterocycles. The van der Waals surface area contributed by atoms with Crippen molar-refractivity contribution in [3.63, 3.8) is 0 Å². The van der Waals surface area contributed by atoms with Gasteiger partial charge in [-0.1, -0.05) is 6.07 Å². The second-order valence-corrected chi connectivity index (χ2v) is 7.32. The van der Waals surface area contributed by atoms with Gasteiger partial charge in [0.15, 0.2) is 0 Å². The zero-order valence-corrected chi connectivity index (χ0v) is 14.1. The highest BCUT2D eigenvalue weighted by atomic mass is 16.3. The van der Waals surface area contributed by atoms with Gasteiger partial charge in [-0.25, -0.2) is 0 Å². The van der Waals surface area contributed by atoms with Crippen LogP contribution in [0.2, 0.25) is 0 Å². The molecule has 2 N–H and O–H groups in total. The molecule has 126 valence electrons. The van der Waals surface area contributed by atoms with Gasteiger partial charge in [0.25, 0.3) is 5.91 Å². The predicted octanol–water partition coefficient (Wildman–Crippen LogP) is 2.29. The molecule has 2 fully saturated rings. The number of carbonyl (C=O) groups is 1. The molecule has 2 saturated carbocycles. The fourth-order valence-electron chi connectivity index (χ4n) is 4.38. The van der Waals surface area contributed by atoms with Crippen LogP contribution in [-0.4, -0.2) is 59.1 Å². The molecule has 1 aromatic carbocycles. The molecule has 0 saturated heterocycles. The molecular weight excluding hydrogens is 292 g/mol. The van der Waals surface area contributed by atoms with Gasteiger partial charge in [-0.2, -0.15) is 0 Å². The molecule has 5 nitrogen and oxygen atoms in total. The highest BCUT2D eigenvalue weighted by molar-refractivity contribution is 5.99. The molecule has 4 atom stereocenters. The number of fused-ring (bicyclic) bond motifs is 1. The molecule has 5 heteroatoms. The minimum Gasteiger partial charge on any atom is -0.507 e. The maximum atomic E-state index is 12.7. The van der Waals surface area contributed by atoms with Crippen LogP contribution in [0.25, 0.3) is 0 Å². The molecule has 0 heterocycles. The van der Waals surface area contributed by atoms with Gasteiger partial charge in [-0.05, 0) is 63.7 Å². The minimum atomic E-state index is -0.297. The maximum absolute atomic E-state index is 12.7. The third-order valence-electron chi connectivity index (χ3n) is 5.80. The van der Waals surface area contributed by atoms with Crippen LogP contribution < -0.4 is 0 Å². The second kappa shape index (κ2) is 6.04. The van der Waals surface area contributed by atoms with E-state index in [4.69, 9.17) is 0 Å². The number of phenolic OH excluding ortho intramolecular Hbond substituents is 2. The topological polar surface area (TPSA) is 64.0 Å². The Bertz CT molecular complexity index is 568. The first kappa shape index (κ1) is 16.1. The average Bonchev–Trinajstić information content (AvgIpc) is 3.04.